The van der Waals surface area contributed by atoms with Crippen LogP contribution in [0.2, 0.25) is 0 Å². The van der Waals surface area contributed by atoms with Crippen molar-refractivity contribution in [1.29, 1.82) is 0 Å². The van der Waals surface area contributed by atoms with E-state index in [1.54, 1.807) is 6.07 Å². The lowest BCUT2D eigenvalue weighted by atomic mass is 9.63. The zero-order valence-electron chi connectivity index (χ0n) is 20.2. The maximum absolute atomic E-state index is 15.1. The Morgan fingerprint density at radius 3 is 2.52 bits per heavy atom. The third-order valence-corrected chi connectivity index (χ3v) is 8.35. The van der Waals surface area contributed by atoms with E-state index in [0.29, 0.717) is 16.9 Å². The predicted molar refractivity (Wildman–Crippen MR) is 129 cm³/mol. The van der Waals surface area contributed by atoms with E-state index in [2.05, 4.69) is 11.7 Å². The summed E-state index contributed by atoms with van der Waals surface area (Å²) in [4.78, 5) is 11.8. The number of hydrogen-bond acceptors (Lipinski definition) is 2. The van der Waals surface area contributed by atoms with Crippen molar-refractivity contribution in [2.75, 3.05) is 7.11 Å². The van der Waals surface area contributed by atoms with Crippen LogP contribution in [0.15, 0.2) is 24.3 Å². The second-order valence-corrected chi connectivity index (χ2v) is 10.4. The molecule has 4 atom stereocenters. The van der Waals surface area contributed by atoms with Gasteiger partial charge in [-0.2, -0.15) is 0 Å². The Hall–Kier alpha value is -1.97. The zero-order valence-corrected chi connectivity index (χ0v) is 20.2. The second kappa shape index (κ2) is 11.0. The largest absolute Gasteiger partial charge is 0.465 e. The third-order valence-electron chi connectivity index (χ3n) is 8.35. The third kappa shape index (κ3) is 5.41. The van der Waals surface area contributed by atoms with Crippen LogP contribution in [0.1, 0.15) is 106 Å². The number of carbonyl (C=O) groups excluding carboxylic acids is 1. The fourth-order valence-electron chi connectivity index (χ4n) is 6.47. The number of ether oxygens (including phenoxy) is 1. The first-order valence-electron chi connectivity index (χ1n) is 13.0. The summed E-state index contributed by atoms with van der Waals surface area (Å²) in [6, 6.07) is 6.21. The molecule has 0 saturated heterocycles. The molecule has 33 heavy (non-hydrogen) atoms. The maximum Gasteiger partial charge on any atom is 0.340 e. The molecule has 0 aromatic heterocycles. The van der Waals surface area contributed by atoms with Crippen LogP contribution in [0.25, 0.3) is 10.8 Å². The summed E-state index contributed by atoms with van der Waals surface area (Å²) in [5.41, 5.74) is 0.559. The minimum Gasteiger partial charge on any atom is -0.465 e. The first kappa shape index (κ1) is 24.2. The Balaban J connectivity index is 1.41. The highest BCUT2D eigenvalue weighted by Gasteiger charge is 2.36. The molecule has 2 fully saturated rings. The Morgan fingerprint density at radius 2 is 1.73 bits per heavy atom. The van der Waals surface area contributed by atoms with E-state index in [9.17, 15) is 9.18 Å². The summed E-state index contributed by atoms with van der Waals surface area (Å²) in [5.74, 6) is 0.758. The summed E-state index contributed by atoms with van der Waals surface area (Å²) >= 11 is 0. The first-order valence-corrected chi connectivity index (χ1v) is 13.0. The van der Waals surface area contributed by atoms with Crippen LogP contribution in [0, 0.1) is 29.4 Å². The SMILES string of the molecule is CCCCCCCC1CC[C@@H]2CC(c3cc4ccc(C(=O)OC)c(F)c4cc3F)CC[C@H]2C1. The molecule has 0 aliphatic heterocycles. The number of methoxy groups -OCH3 is 1. The topological polar surface area (TPSA) is 26.3 Å². The molecule has 0 heterocycles. The number of benzene rings is 2. The van der Waals surface area contributed by atoms with E-state index in [-0.39, 0.29) is 22.7 Å². The van der Waals surface area contributed by atoms with Gasteiger partial charge >= 0.3 is 5.97 Å². The van der Waals surface area contributed by atoms with E-state index < -0.39 is 11.8 Å². The monoisotopic (exact) mass is 456 g/mol. The summed E-state index contributed by atoms with van der Waals surface area (Å²) in [6.07, 6.45) is 15.4. The fraction of sp³-hybridized carbons (Fsp3) is 0.621. The molecule has 4 rings (SSSR count). The van der Waals surface area contributed by atoms with Crippen molar-refractivity contribution in [3.63, 3.8) is 0 Å². The summed E-state index contributed by atoms with van der Waals surface area (Å²) in [7, 11) is 1.22. The number of unbranched alkanes of at least 4 members (excludes halogenated alkanes) is 4. The molecule has 180 valence electrons. The number of fused-ring (bicyclic) bond motifs is 2. The molecular weight excluding hydrogens is 418 g/mol. The molecule has 0 radical (unpaired) electrons. The van der Waals surface area contributed by atoms with E-state index in [1.807, 2.05) is 6.07 Å². The lowest BCUT2D eigenvalue weighted by Crippen LogP contribution is -2.30. The van der Waals surface area contributed by atoms with E-state index in [1.165, 1.54) is 83.5 Å². The normalized spacial score (nSPS) is 25.1. The molecule has 2 aliphatic carbocycles. The van der Waals surface area contributed by atoms with Crippen LogP contribution in [0.5, 0.6) is 0 Å². The van der Waals surface area contributed by atoms with Crippen molar-refractivity contribution in [3.8, 4) is 0 Å². The van der Waals surface area contributed by atoms with Crippen molar-refractivity contribution >= 4 is 16.7 Å². The molecule has 0 bridgehead atoms. The molecule has 2 nitrogen and oxygen atoms in total. The van der Waals surface area contributed by atoms with Gasteiger partial charge in [-0.1, -0.05) is 57.9 Å². The molecule has 4 heteroatoms. The van der Waals surface area contributed by atoms with Crippen molar-refractivity contribution < 1.29 is 18.3 Å². The average molecular weight is 457 g/mol. The van der Waals surface area contributed by atoms with Gasteiger partial charge in [0.05, 0.1) is 12.7 Å². The van der Waals surface area contributed by atoms with Gasteiger partial charge in [0.1, 0.15) is 11.6 Å². The van der Waals surface area contributed by atoms with Gasteiger partial charge < -0.3 is 4.74 Å². The summed E-state index contributed by atoms with van der Waals surface area (Å²) in [6.45, 7) is 2.26. The average Bonchev–Trinajstić information content (AvgIpc) is 2.83. The molecular formula is C29H38F2O2. The highest BCUT2D eigenvalue weighted by atomic mass is 19.1. The highest BCUT2D eigenvalue weighted by Crippen LogP contribution is 2.49. The van der Waals surface area contributed by atoms with Crippen molar-refractivity contribution in [1.82, 2.24) is 0 Å². The number of rotatable bonds is 8. The van der Waals surface area contributed by atoms with Gasteiger partial charge in [-0.25, -0.2) is 13.6 Å². The maximum atomic E-state index is 15.1. The lowest BCUT2D eigenvalue weighted by molar-refractivity contribution is 0.0596. The zero-order chi connectivity index (χ0) is 23.4. The Bertz CT molecular complexity index is 970. The van der Waals surface area contributed by atoms with Gasteiger partial charge in [-0.3, -0.25) is 0 Å². The van der Waals surface area contributed by atoms with Gasteiger partial charge in [0.2, 0.25) is 0 Å². The smallest absolute Gasteiger partial charge is 0.340 e. The van der Waals surface area contributed by atoms with Crippen molar-refractivity contribution in [2.24, 2.45) is 17.8 Å². The predicted octanol–water partition coefficient (Wildman–Crippen LogP) is 8.57. The van der Waals surface area contributed by atoms with Crippen LogP contribution in [-0.2, 0) is 4.74 Å². The van der Waals surface area contributed by atoms with E-state index in [4.69, 9.17) is 0 Å². The number of halogens is 2. The van der Waals surface area contributed by atoms with Gasteiger partial charge in [0, 0.05) is 5.39 Å². The van der Waals surface area contributed by atoms with Crippen LogP contribution in [0.3, 0.4) is 0 Å². The number of hydrogen-bond donors (Lipinski definition) is 0. The first-order chi connectivity index (χ1) is 16.0. The molecule has 2 aromatic rings. The minimum absolute atomic E-state index is 0.146. The van der Waals surface area contributed by atoms with Crippen LogP contribution in [0.4, 0.5) is 8.78 Å². The molecule has 2 saturated carbocycles. The highest BCUT2D eigenvalue weighted by molar-refractivity contribution is 5.96. The summed E-state index contributed by atoms with van der Waals surface area (Å²) in [5, 5.41) is 0.790. The molecule has 2 aromatic carbocycles. The van der Waals surface area contributed by atoms with Crippen molar-refractivity contribution in [3.05, 3.63) is 47.0 Å². The van der Waals surface area contributed by atoms with Gasteiger partial charge in [-0.15, -0.1) is 0 Å². The Kier molecular flexibility index (Phi) is 8.03. The molecule has 0 N–H and O–H groups in total. The Morgan fingerprint density at radius 1 is 0.970 bits per heavy atom. The Labute approximate surface area is 197 Å². The minimum atomic E-state index is -0.742. The number of carbonyl (C=O) groups is 1. The second-order valence-electron chi connectivity index (χ2n) is 10.4. The molecule has 2 unspecified atom stereocenters. The van der Waals surface area contributed by atoms with Gasteiger partial charge in [0.25, 0.3) is 0 Å². The number of esters is 1. The molecule has 0 amide bonds. The van der Waals surface area contributed by atoms with Crippen LogP contribution in [-0.4, -0.2) is 13.1 Å². The van der Waals surface area contributed by atoms with Crippen molar-refractivity contribution in [2.45, 2.75) is 89.9 Å². The van der Waals surface area contributed by atoms with Gasteiger partial charge in [0.15, 0.2) is 0 Å². The van der Waals surface area contributed by atoms with Crippen LogP contribution >= 0.6 is 0 Å². The van der Waals surface area contributed by atoms with Gasteiger partial charge in [-0.05, 0) is 84.9 Å². The lowest BCUT2D eigenvalue weighted by Gasteiger charge is -2.42. The molecule has 0 spiro atoms. The fourth-order valence-corrected chi connectivity index (χ4v) is 6.47. The van der Waals surface area contributed by atoms with E-state index >= 15 is 4.39 Å². The summed E-state index contributed by atoms with van der Waals surface area (Å²) < 4.78 is 34.6. The standard InChI is InChI=1S/C29H38F2O2/c1-3-4-5-6-7-8-19-9-10-21-16-22(12-11-20(21)15-19)25-17-23-13-14-24(29(32)33-2)28(31)26(23)18-27(25)30/h13-14,17-22H,3-12,15-16H2,1-2H3/t19?,20-,21+,22?/m0/s1. The van der Waals surface area contributed by atoms with E-state index in [0.717, 1.165) is 24.7 Å². The quantitative estimate of drug-likeness (QED) is 0.294. The molecule has 2 aliphatic rings. The van der Waals surface area contributed by atoms with Crippen LogP contribution < -0.4 is 0 Å².